The Hall–Kier alpha value is -0.160. The lowest BCUT2D eigenvalue weighted by atomic mass is 9.55. The molecule has 4 heteroatoms. The SMILES string of the molecule is CCC1C2CC1(CO)OC(COC)C2N. The first-order valence-electron chi connectivity index (χ1n) is 5.71. The van der Waals surface area contributed by atoms with Crippen molar-refractivity contribution >= 4 is 0 Å². The topological polar surface area (TPSA) is 64.7 Å². The molecular formula is C11H21NO3. The van der Waals surface area contributed by atoms with Gasteiger partial charge < -0.3 is 20.3 Å². The summed E-state index contributed by atoms with van der Waals surface area (Å²) in [6, 6.07) is 0.0586. The molecule has 5 unspecified atom stereocenters. The van der Waals surface area contributed by atoms with Gasteiger partial charge in [0.2, 0.25) is 0 Å². The van der Waals surface area contributed by atoms with Crippen molar-refractivity contribution in [3.63, 3.8) is 0 Å². The van der Waals surface area contributed by atoms with Gasteiger partial charge in [-0.1, -0.05) is 13.3 Å². The number of ether oxygens (including phenoxy) is 2. The van der Waals surface area contributed by atoms with Crippen molar-refractivity contribution in [2.24, 2.45) is 17.6 Å². The van der Waals surface area contributed by atoms with Gasteiger partial charge in [0.15, 0.2) is 0 Å². The molecule has 2 bridgehead atoms. The van der Waals surface area contributed by atoms with Crippen LogP contribution in [0.2, 0.25) is 0 Å². The van der Waals surface area contributed by atoms with Crippen LogP contribution in [0.15, 0.2) is 0 Å². The van der Waals surface area contributed by atoms with Crippen LogP contribution in [0.25, 0.3) is 0 Å². The maximum atomic E-state index is 9.46. The van der Waals surface area contributed by atoms with Crippen LogP contribution < -0.4 is 5.73 Å². The lowest BCUT2D eigenvalue weighted by molar-refractivity contribution is -0.288. The highest BCUT2D eigenvalue weighted by Gasteiger charge is 2.61. The molecule has 5 atom stereocenters. The highest BCUT2D eigenvalue weighted by atomic mass is 16.6. The zero-order valence-electron chi connectivity index (χ0n) is 9.48. The normalized spacial score (nSPS) is 48.8. The summed E-state index contributed by atoms with van der Waals surface area (Å²) in [7, 11) is 1.65. The number of aliphatic hydroxyl groups is 1. The van der Waals surface area contributed by atoms with Crippen molar-refractivity contribution in [3.05, 3.63) is 0 Å². The molecule has 88 valence electrons. The van der Waals surface area contributed by atoms with Crippen LogP contribution in [-0.2, 0) is 9.47 Å². The average Bonchev–Trinajstić information content (AvgIpc) is 2.21. The Labute approximate surface area is 90.7 Å². The van der Waals surface area contributed by atoms with Gasteiger partial charge in [-0.15, -0.1) is 0 Å². The number of hydrogen-bond donors (Lipinski definition) is 2. The summed E-state index contributed by atoms with van der Waals surface area (Å²) >= 11 is 0. The van der Waals surface area contributed by atoms with E-state index in [1.165, 1.54) is 0 Å². The van der Waals surface area contributed by atoms with Gasteiger partial charge in [0.1, 0.15) is 0 Å². The molecule has 0 aromatic rings. The van der Waals surface area contributed by atoms with Gasteiger partial charge in [-0.05, 0) is 18.3 Å². The maximum Gasteiger partial charge on any atom is 0.0970 e. The summed E-state index contributed by atoms with van der Waals surface area (Å²) in [6.07, 6.45) is 1.88. The molecule has 1 aliphatic carbocycles. The van der Waals surface area contributed by atoms with E-state index < -0.39 is 0 Å². The molecule has 0 aromatic heterocycles. The largest absolute Gasteiger partial charge is 0.393 e. The standard InChI is InChI=1S/C11H21NO3/c1-3-8-7-4-11(8,6-13)15-9(5-14-2)10(7)12/h7-10,13H,3-6,12H2,1-2H3. The van der Waals surface area contributed by atoms with Crippen molar-refractivity contribution in [1.29, 1.82) is 0 Å². The minimum atomic E-state index is -0.321. The third kappa shape index (κ3) is 1.51. The highest BCUT2D eigenvalue weighted by Crippen LogP contribution is 2.54. The minimum absolute atomic E-state index is 0.0521. The van der Waals surface area contributed by atoms with Gasteiger partial charge in [-0.25, -0.2) is 0 Å². The van der Waals surface area contributed by atoms with E-state index >= 15 is 0 Å². The second-order valence-electron chi connectivity index (χ2n) is 4.79. The second-order valence-corrected chi connectivity index (χ2v) is 4.79. The Balaban J connectivity index is 2.09. The Morgan fingerprint density at radius 2 is 2.33 bits per heavy atom. The van der Waals surface area contributed by atoms with Gasteiger partial charge in [0.05, 0.1) is 24.9 Å². The number of nitrogens with two attached hydrogens (primary N) is 1. The van der Waals surface area contributed by atoms with E-state index in [1.807, 2.05) is 0 Å². The molecule has 3 N–H and O–H groups in total. The molecule has 2 saturated heterocycles. The lowest BCUT2D eigenvalue weighted by Crippen LogP contribution is -2.72. The van der Waals surface area contributed by atoms with Crippen LogP contribution in [-0.4, -0.2) is 43.2 Å². The quantitative estimate of drug-likeness (QED) is 0.700. The summed E-state index contributed by atoms with van der Waals surface area (Å²) in [4.78, 5) is 0. The van der Waals surface area contributed by atoms with Gasteiger partial charge in [0.25, 0.3) is 0 Å². The summed E-state index contributed by atoms with van der Waals surface area (Å²) < 4.78 is 11.0. The van der Waals surface area contributed by atoms with Crippen molar-refractivity contribution in [2.45, 2.75) is 37.5 Å². The first kappa shape index (κ1) is 11.3. The smallest absolute Gasteiger partial charge is 0.0970 e. The Morgan fingerprint density at radius 1 is 1.60 bits per heavy atom. The molecule has 2 heterocycles. The lowest BCUT2D eigenvalue weighted by Gasteiger charge is -2.62. The Kier molecular flexibility index (Phi) is 3.03. The zero-order valence-corrected chi connectivity index (χ0v) is 9.48. The molecule has 4 nitrogen and oxygen atoms in total. The number of methoxy groups -OCH3 is 1. The van der Waals surface area contributed by atoms with Gasteiger partial charge in [-0.3, -0.25) is 0 Å². The molecule has 3 rings (SSSR count). The fourth-order valence-corrected chi connectivity index (χ4v) is 3.32. The van der Waals surface area contributed by atoms with E-state index in [-0.39, 0.29) is 24.4 Å². The van der Waals surface area contributed by atoms with E-state index in [2.05, 4.69) is 6.92 Å². The third-order valence-electron chi connectivity index (χ3n) is 4.12. The molecule has 1 saturated carbocycles. The van der Waals surface area contributed by atoms with Crippen LogP contribution in [0.3, 0.4) is 0 Å². The average molecular weight is 215 g/mol. The zero-order chi connectivity index (χ0) is 11.1. The monoisotopic (exact) mass is 215 g/mol. The molecule has 0 radical (unpaired) electrons. The van der Waals surface area contributed by atoms with Crippen LogP contribution in [0.5, 0.6) is 0 Å². The molecule has 3 fully saturated rings. The second kappa shape index (κ2) is 4.01. The van der Waals surface area contributed by atoms with Gasteiger partial charge >= 0.3 is 0 Å². The number of aliphatic hydroxyl groups excluding tert-OH is 1. The molecule has 3 aliphatic rings. The predicted octanol–water partition coefficient (Wildman–Crippen LogP) is 0.136. The summed E-state index contributed by atoms with van der Waals surface area (Å²) in [6.45, 7) is 2.76. The highest BCUT2D eigenvalue weighted by molar-refractivity contribution is 5.12. The van der Waals surface area contributed by atoms with Crippen LogP contribution in [0.4, 0.5) is 0 Å². The van der Waals surface area contributed by atoms with Gasteiger partial charge in [0, 0.05) is 13.2 Å². The van der Waals surface area contributed by atoms with Crippen LogP contribution in [0.1, 0.15) is 19.8 Å². The Bertz CT molecular complexity index is 234. The molecule has 0 amide bonds. The van der Waals surface area contributed by atoms with E-state index in [1.54, 1.807) is 7.11 Å². The van der Waals surface area contributed by atoms with Crippen molar-refractivity contribution in [1.82, 2.24) is 0 Å². The van der Waals surface area contributed by atoms with Gasteiger partial charge in [-0.2, -0.15) is 0 Å². The first-order chi connectivity index (χ1) is 7.18. The van der Waals surface area contributed by atoms with E-state index in [4.69, 9.17) is 15.2 Å². The summed E-state index contributed by atoms with van der Waals surface area (Å²) in [5, 5.41) is 9.46. The van der Waals surface area contributed by atoms with Crippen LogP contribution >= 0.6 is 0 Å². The maximum absolute atomic E-state index is 9.46. The van der Waals surface area contributed by atoms with E-state index in [0.717, 1.165) is 12.8 Å². The number of rotatable bonds is 4. The predicted molar refractivity (Wildman–Crippen MR) is 56.4 cm³/mol. The summed E-state index contributed by atoms with van der Waals surface area (Å²) in [5.41, 5.74) is 5.82. The minimum Gasteiger partial charge on any atom is -0.393 e. The number of hydrogen-bond acceptors (Lipinski definition) is 4. The molecular weight excluding hydrogens is 194 g/mol. The molecule has 0 spiro atoms. The molecule has 15 heavy (non-hydrogen) atoms. The Morgan fingerprint density at radius 3 is 2.87 bits per heavy atom. The van der Waals surface area contributed by atoms with Crippen molar-refractivity contribution < 1.29 is 14.6 Å². The molecule has 0 aromatic carbocycles. The van der Waals surface area contributed by atoms with E-state index in [9.17, 15) is 5.11 Å². The summed E-state index contributed by atoms with van der Waals surface area (Å²) in [5.74, 6) is 0.918. The van der Waals surface area contributed by atoms with Crippen molar-refractivity contribution in [3.8, 4) is 0 Å². The fraction of sp³-hybridized carbons (Fsp3) is 1.00. The van der Waals surface area contributed by atoms with E-state index in [0.29, 0.717) is 18.4 Å². The fourth-order valence-electron chi connectivity index (χ4n) is 3.32. The number of fused-ring (bicyclic) bond motifs is 2. The first-order valence-corrected chi connectivity index (χ1v) is 5.71. The molecule has 2 aliphatic heterocycles. The van der Waals surface area contributed by atoms with Crippen molar-refractivity contribution in [2.75, 3.05) is 20.3 Å². The third-order valence-corrected chi connectivity index (χ3v) is 4.12. The van der Waals surface area contributed by atoms with Crippen LogP contribution in [0, 0.1) is 11.8 Å².